The number of carbonyl (C=O) groups is 2. The molecule has 0 N–H and O–H groups in total. The van der Waals surface area contributed by atoms with Gasteiger partial charge in [-0.3, -0.25) is 4.79 Å². The minimum atomic E-state index is -0.508. The topological polar surface area (TPSA) is 43.4 Å². The summed E-state index contributed by atoms with van der Waals surface area (Å²) in [6.45, 7) is 11.7. The quantitative estimate of drug-likeness (QED) is 0.310. The first-order chi connectivity index (χ1) is 7.86. The van der Waals surface area contributed by atoms with E-state index < -0.39 is 5.97 Å². The smallest absolute Gasteiger partial charge is 0.341 e. The van der Waals surface area contributed by atoms with Crippen LogP contribution in [-0.2, 0) is 14.3 Å². The third kappa shape index (κ3) is 4.33. The van der Waals surface area contributed by atoms with Crippen molar-refractivity contribution in [2.75, 3.05) is 6.61 Å². The lowest BCUT2D eigenvalue weighted by atomic mass is 9.79. The van der Waals surface area contributed by atoms with Crippen molar-refractivity contribution in [1.29, 1.82) is 0 Å². The molecule has 0 radical (unpaired) electrons. The van der Waals surface area contributed by atoms with Crippen molar-refractivity contribution in [2.24, 2.45) is 17.8 Å². The van der Waals surface area contributed by atoms with E-state index in [1.54, 1.807) is 19.9 Å². The summed E-state index contributed by atoms with van der Waals surface area (Å²) in [7, 11) is 0. The number of rotatable bonds is 6. The van der Waals surface area contributed by atoms with Crippen LogP contribution < -0.4 is 0 Å². The van der Waals surface area contributed by atoms with E-state index in [1.807, 2.05) is 27.7 Å². The second kappa shape index (κ2) is 7.25. The Morgan fingerprint density at radius 2 is 1.59 bits per heavy atom. The fraction of sp³-hybridized carbons (Fsp3) is 0.714. The summed E-state index contributed by atoms with van der Waals surface area (Å²) in [6.07, 6.45) is 1.55. The lowest BCUT2D eigenvalue weighted by Crippen LogP contribution is -2.30. The van der Waals surface area contributed by atoms with Gasteiger partial charge in [0.1, 0.15) is 0 Å². The molecule has 0 aromatic rings. The average molecular weight is 240 g/mol. The Hall–Kier alpha value is -1.12. The molecular weight excluding hydrogens is 216 g/mol. The molecule has 0 aliphatic carbocycles. The second-order valence-corrected chi connectivity index (χ2v) is 4.80. The monoisotopic (exact) mass is 240 g/mol. The van der Waals surface area contributed by atoms with Gasteiger partial charge in [0.25, 0.3) is 0 Å². The number of hydrogen-bond donors (Lipinski definition) is 0. The summed E-state index contributed by atoms with van der Waals surface area (Å²) < 4.78 is 4.90. The van der Waals surface area contributed by atoms with Gasteiger partial charge < -0.3 is 4.74 Å². The van der Waals surface area contributed by atoms with Crippen molar-refractivity contribution >= 4 is 11.8 Å². The van der Waals surface area contributed by atoms with Crippen molar-refractivity contribution in [3.8, 4) is 0 Å². The molecular formula is C14H24O3. The number of esters is 1. The minimum Gasteiger partial charge on any atom is -0.462 e. The Kier molecular flexibility index (Phi) is 6.78. The molecule has 0 heterocycles. The summed E-state index contributed by atoms with van der Waals surface area (Å²) in [5.74, 6) is -0.313. The van der Waals surface area contributed by atoms with E-state index in [-0.39, 0.29) is 35.7 Å². The predicted molar refractivity (Wildman–Crippen MR) is 68.6 cm³/mol. The molecule has 0 aromatic carbocycles. The highest BCUT2D eigenvalue weighted by Crippen LogP contribution is 2.25. The Morgan fingerprint density at radius 1 is 1.12 bits per heavy atom. The Bertz CT molecular complexity index is 293. The number of ketones is 1. The maximum absolute atomic E-state index is 12.3. The molecule has 3 nitrogen and oxygen atoms in total. The van der Waals surface area contributed by atoms with Crippen LogP contribution >= 0.6 is 0 Å². The average Bonchev–Trinajstić information content (AvgIpc) is 2.17. The number of ether oxygens (including phenoxy) is 1. The number of Topliss-reactive ketones (excluding diaryl/α,β-unsaturated/α-hetero) is 1. The molecule has 0 fully saturated rings. The minimum absolute atomic E-state index is 0.101. The van der Waals surface area contributed by atoms with Crippen molar-refractivity contribution in [2.45, 2.75) is 41.5 Å². The molecule has 0 bridgehead atoms. The van der Waals surface area contributed by atoms with Gasteiger partial charge in [-0.05, 0) is 25.7 Å². The summed E-state index contributed by atoms with van der Waals surface area (Å²) in [4.78, 5) is 24.0. The van der Waals surface area contributed by atoms with Crippen LogP contribution in [0.25, 0.3) is 0 Å². The maximum atomic E-state index is 12.3. The van der Waals surface area contributed by atoms with E-state index in [0.717, 1.165) is 0 Å². The van der Waals surface area contributed by atoms with Gasteiger partial charge in [0.2, 0.25) is 0 Å². The molecule has 0 rings (SSSR count). The molecule has 0 aliphatic heterocycles. The van der Waals surface area contributed by atoms with E-state index in [1.165, 1.54) is 0 Å². The second-order valence-electron chi connectivity index (χ2n) is 4.80. The van der Waals surface area contributed by atoms with E-state index >= 15 is 0 Å². The van der Waals surface area contributed by atoms with Crippen molar-refractivity contribution in [3.63, 3.8) is 0 Å². The zero-order valence-corrected chi connectivity index (χ0v) is 11.7. The predicted octanol–water partition coefficient (Wildman–Crippen LogP) is 2.99. The summed E-state index contributed by atoms with van der Waals surface area (Å²) >= 11 is 0. The number of hydrogen-bond acceptors (Lipinski definition) is 3. The van der Waals surface area contributed by atoms with Crippen LogP contribution in [0.3, 0.4) is 0 Å². The Balaban J connectivity index is 5.04. The third-order valence-corrected chi connectivity index (χ3v) is 2.79. The highest BCUT2D eigenvalue weighted by Gasteiger charge is 2.31. The van der Waals surface area contributed by atoms with Crippen molar-refractivity contribution < 1.29 is 14.3 Å². The van der Waals surface area contributed by atoms with Crippen molar-refractivity contribution in [1.82, 2.24) is 0 Å². The fourth-order valence-corrected chi connectivity index (χ4v) is 2.12. The van der Waals surface area contributed by atoms with Gasteiger partial charge in [0, 0.05) is 5.92 Å². The van der Waals surface area contributed by atoms with E-state index in [2.05, 4.69) is 0 Å². The van der Waals surface area contributed by atoms with Gasteiger partial charge >= 0.3 is 5.97 Å². The molecule has 0 unspecified atom stereocenters. The normalized spacial score (nSPS) is 12.4. The van der Waals surface area contributed by atoms with Crippen LogP contribution in [0.15, 0.2) is 11.6 Å². The number of allylic oxidation sites excluding steroid dienone is 1. The van der Waals surface area contributed by atoms with Gasteiger partial charge in [-0.1, -0.05) is 33.8 Å². The van der Waals surface area contributed by atoms with Crippen LogP contribution in [-0.4, -0.2) is 18.4 Å². The van der Waals surface area contributed by atoms with Gasteiger partial charge in [0.15, 0.2) is 5.78 Å². The molecule has 0 amide bonds. The molecule has 17 heavy (non-hydrogen) atoms. The summed E-state index contributed by atoms with van der Waals surface area (Å²) in [6, 6.07) is 0. The largest absolute Gasteiger partial charge is 0.462 e. The van der Waals surface area contributed by atoms with Gasteiger partial charge in [0.05, 0.1) is 12.2 Å². The number of carbonyl (C=O) groups excluding carboxylic acids is 2. The standard InChI is InChI=1S/C14H24O3/c1-7-11(14(16)17-8-2)13(15)12(9(3)4)10(5)6/h7,9-10,12H,8H2,1-6H3/b11-7-. The molecule has 3 heteroatoms. The zero-order valence-electron chi connectivity index (χ0n) is 11.7. The summed E-state index contributed by atoms with van der Waals surface area (Å²) in [5, 5.41) is 0. The molecule has 98 valence electrons. The summed E-state index contributed by atoms with van der Waals surface area (Å²) in [5.41, 5.74) is 0.180. The van der Waals surface area contributed by atoms with Gasteiger partial charge in [-0.2, -0.15) is 0 Å². The highest BCUT2D eigenvalue weighted by molar-refractivity contribution is 6.18. The Labute approximate surface area is 104 Å². The Morgan fingerprint density at radius 3 is 1.88 bits per heavy atom. The molecule has 0 saturated heterocycles. The first-order valence-electron chi connectivity index (χ1n) is 6.24. The molecule has 0 spiro atoms. The first kappa shape index (κ1) is 15.9. The SMILES string of the molecule is C/C=C(\C(=O)OCC)C(=O)C(C(C)C)C(C)C. The van der Waals surface area contributed by atoms with Crippen LogP contribution in [0.2, 0.25) is 0 Å². The van der Waals surface area contributed by atoms with Crippen molar-refractivity contribution in [3.05, 3.63) is 11.6 Å². The molecule has 0 aromatic heterocycles. The van der Waals surface area contributed by atoms with Crippen LogP contribution in [0.1, 0.15) is 41.5 Å². The highest BCUT2D eigenvalue weighted by atomic mass is 16.5. The molecule has 0 aliphatic rings. The third-order valence-electron chi connectivity index (χ3n) is 2.79. The lowest BCUT2D eigenvalue weighted by Gasteiger charge is -2.23. The van der Waals surface area contributed by atoms with E-state index in [4.69, 9.17) is 4.74 Å². The zero-order chi connectivity index (χ0) is 13.6. The van der Waals surface area contributed by atoms with E-state index in [9.17, 15) is 9.59 Å². The maximum Gasteiger partial charge on any atom is 0.341 e. The first-order valence-corrected chi connectivity index (χ1v) is 6.24. The van der Waals surface area contributed by atoms with Crippen LogP contribution in [0.4, 0.5) is 0 Å². The van der Waals surface area contributed by atoms with E-state index in [0.29, 0.717) is 0 Å². The van der Waals surface area contributed by atoms with Gasteiger partial charge in [-0.15, -0.1) is 0 Å². The molecule has 0 atom stereocenters. The van der Waals surface area contributed by atoms with Crippen LogP contribution in [0, 0.1) is 17.8 Å². The fourth-order valence-electron chi connectivity index (χ4n) is 2.12. The lowest BCUT2D eigenvalue weighted by molar-refractivity contribution is -0.140. The van der Waals surface area contributed by atoms with Crippen LogP contribution in [0.5, 0.6) is 0 Å². The van der Waals surface area contributed by atoms with Gasteiger partial charge in [-0.25, -0.2) is 4.79 Å². The molecule has 0 saturated carbocycles.